The number of ether oxygens (including phenoxy) is 1. The van der Waals surface area contributed by atoms with Gasteiger partial charge in [0.15, 0.2) is 4.87 Å². The smallest absolute Gasteiger partial charge is 0.279 e. The second kappa shape index (κ2) is 10.6. The first kappa shape index (κ1) is 34.0. The summed E-state index contributed by atoms with van der Waals surface area (Å²) in [5.41, 5.74) is -3.94. The van der Waals surface area contributed by atoms with Crippen molar-refractivity contribution in [2.45, 2.75) is 70.7 Å². The SMILES string of the molecule is CO[C@@]12C(=O)N(C)C(CO)C(=O)N1[C@@H]1Nc3ccccc3[C@]1(C13c4ccccc4N[C@@H]1N1C(=O)C4(C(C)C)SSSS[C@]1(C(=O)N4C)[C@@H]3O)[C@H]2O. The Morgan fingerprint density at radius 1 is 0.804 bits per heavy atom. The number of nitrogens with one attached hydrogen (secondary N) is 2. The molecule has 4 amide bonds. The third-order valence-electron chi connectivity index (χ3n) is 12.6. The first-order valence-electron chi connectivity index (χ1n) is 16.5. The summed E-state index contributed by atoms with van der Waals surface area (Å²) in [5.74, 6) is -2.66. The van der Waals surface area contributed by atoms with E-state index in [4.69, 9.17) is 4.74 Å². The average molecular weight is 773 g/mol. The molecule has 2 aromatic rings. The van der Waals surface area contributed by atoms with Gasteiger partial charge in [-0.3, -0.25) is 29.0 Å². The molecule has 0 aromatic heterocycles. The molecule has 8 aliphatic heterocycles. The summed E-state index contributed by atoms with van der Waals surface area (Å²) < 4.78 is 6.06. The Hall–Kier alpha value is -2.84. The number of hydrogen-bond acceptors (Lipinski definition) is 14. The van der Waals surface area contributed by atoms with Crippen molar-refractivity contribution in [2.24, 2.45) is 5.92 Å². The highest BCUT2D eigenvalue weighted by molar-refractivity contribution is 9.26. The molecular formula is C33H36N6O8S4. The minimum atomic E-state index is -2.33. The van der Waals surface area contributed by atoms with Gasteiger partial charge in [-0.2, -0.15) is 0 Å². The van der Waals surface area contributed by atoms with Crippen molar-refractivity contribution in [3.8, 4) is 0 Å². The van der Waals surface area contributed by atoms with Gasteiger partial charge < -0.3 is 40.5 Å². The predicted molar refractivity (Wildman–Crippen MR) is 194 cm³/mol. The Bertz CT molecular complexity index is 1940. The van der Waals surface area contributed by atoms with Gasteiger partial charge in [0.05, 0.1) is 17.4 Å². The summed E-state index contributed by atoms with van der Waals surface area (Å²) in [6.07, 6.45) is -6.05. The van der Waals surface area contributed by atoms with Gasteiger partial charge in [-0.15, -0.1) is 0 Å². The Morgan fingerprint density at radius 2 is 1.35 bits per heavy atom. The number of carbonyl (C=O) groups is 4. The lowest BCUT2D eigenvalue weighted by Crippen LogP contribution is -2.76. The Morgan fingerprint density at radius 3 is 1.92 bits per heavy atom. The molecule has 6 fully saturated rings. The van der Waals surface area contributed by atoms with E-state index in [0.29, 0.717) is 22.5 Å². The number of piperazine rings is 2. The zero-order valence-electron chi connectivity index (χ0n) is 28.1. The van der Waals surface area contributed by atoms with Crippen molar-refractivity contribution in [1.29, 1.82) is 0 Å². The minimum absolute atomic E-state index is 0.349. The van der Waals surface area contributed by atoms with E-state index in [9.17, 15) is 24.9 Å². The summed E-state index contributed by atoms with van der Waals surface area (Å²) >= 11 is 0. The minimum Gasteiger partial charge on any atom is -0.394 e. The molecule has 3 unspecified atom stereocenters. The molecule has 51 heavy (non-hydrogen) atoms. The molecule has 18 heteroatoms. The third kappa shape index (κ3) is 3.25. The second-order valence-corrected chi connectivity index (χ2v) is 20.5. The van der Waals surface area contributed by atoms with Crippen molar-refractivity contribution in [3.05, 3.63) is 59.7 Å². The zero-order chi connectivity index (χ0) is 36.2. The van der Waals surface area contributed by atoms with E-state index in [-0.39, 0.29) is 11.8 Å². The van der Waals surface area contributed by atoms with Gasteiger partial charge >= 0.3 is 0 Å². The van der Waals surface area contributed by atoms with E-state index in [1.165, 1.54) is 59.3 Å². The maximum atomic E-state index is 15.4. The Labute approximate surface area is 308 Å². The van der Waals surface area contributed by atoms with Crippen LogP contribution in [-0.2, 0) is 34.7 Å². The first-order chi connectivity index (χ1) is 24.3. The van der Waals surface area contributed by atoms with Crippen molar-refractivity contribution in [3.63, 3.8) is 0 Å². The highest BCUT2D eigenvalue weighted by Gasteiger charge is 2.91. The van der Waals surface area contributed by atoms with Gasteiger partial charge in [0, 0.05) is 32.6 Å². The second-order valence-electron chi connectivity index (χ2n) is 14.3. The number of hydrogen-bond donors (Lipinski definition) is 5. The molecule has 0 saturated carbocycles. The quantitative estimate of drug-likeness (QED) is 0.280. The number of anilines is 2. The number of methoxy groups -OCH3 is 1. The van der Waals surface area contributed by atoms with E-state index in [2.05, 4.69) is 10.6 Å². The van der Waals surface area contributed by atoms with Gasteiger partial charge in [-0.1, -0.05) is 50.2 Å². The van der Waals surface area contributed by atoms with Gasteiger partial charge in [-0.25, -0.2) is 0 Å². The Kier molecular flexibility index (Phi) is 7.09. The summed E-state index contributed by atoms with van der Waals surface area (Å²) in [5, 5.41) is 44.3. The van der Waals surface area contributed by atoms with Crippen molar-refractivity contribution in [2.75, 3.05) is 38.4 Å². The number of rotatable bonds is 4. The van der Waals surface area contributed by atoms with Crippen LogP contribution in [0.1, 0.15) is 25.0 Å². The number of benzene rings is 2. The molecular weight excluding hydrogens is 737 g/mol. The van der Waals surface area contributed by atoms with Crippen LogP contribution in [0.2, 0.25) is 0 Å². The number of para-hydroxylation sites is 2. The van der Waals surface area contributed by atoms with Crippen LogP contribution in [0.25, 0.3) is 0 Å². The maximum Gasteiger partial charge on any atom is 0.279 e. The molecule has 10 rings (SSSR count). The van der Waals surface area contributed by atoms with Crippen LogP contribution >= 0.6 is 41.2 Å². The molecule has 0 radical (unpaired) electrons. The van der Waals surface area contributed by atoms with E-state index in [0.717, 1.165) is 15.7 Å². The summed E-state index contributed by atoms with van der Waals surface area (Å²) in [6, 6.07) is 13.0. The number of fused-ring (bicyclic) bond motifs is 13. The number of aliphatic hydroxyl groups is 3. The molecule has 8 aliphatic rings. The van der Waals surface area contributed by atoms with Crippen LogP contribution in [-0.4, -0.2) is 132 Å². The third-order valence-corrected chi connectivity index (χ3v) is 20.1. The molecule has 8 heterocycles. The van der Waals surface area contributed by atoms with Crippen LogP contribution in [0.4, 0.5) is 11.4 Å². The molecule has 5 N–H and O–H groups in total. The number of likely N-dealkylation sites (N-methyl/N-ethyl adjacent to an activating group) is 2. The number of amides is 4. The van der Waals surface area contributed by atoms with E-state index in [1.54, 1.807) is 43.4 Å². The van der Waals surface area contributed by atoms with E-state index < -0.39 is 81.2 Å². The standard InChI is InChI=1S/C33H36N6O8S4/c1-15(2)32-28(46)39-25-30(17-11-7-9-13-19(17)35-25,23(43)33(39,27(45)37(32)4)49-51-50-48-32)29-16-10-6-8-12-18(16)34-24(29)38-21(41)20(14-40)36(3)26(44)31(38,47-5)22(29)42/h6-13,15,20,22-25,34-35,40,42-43H,14H2,1-5H3/t20?,22-,23-,24+,25-,29+,30?,31+,32?,33+/m1/s1. The Balaban J connectivity index is 1.43. The van der Waals surface area contributed by atoms with Crippen LogP contribution in [0.15, 0.2) is 48.5 Å². The topological polar surface area (TPSA) is 175 Å². The molecule has 270 valence electrons. The fraction of sp³-hybridized carbons (Fsp3) is 0.515. The van der Waals surface area contributed by atoms with Crippen LogP contribution in [0.5, 0.6) is 0 Å². The monoisotopic (exact) mass is 772 g/mol. The number of aliphatic hydroxyl groups excluding tert-OH is 3. The fourth-order valence-corrected chi connectivity index (χ4v) is 18.6. The van der Waals surface area contributed by atoms with Gasteiger partial charge in [0.2, 0.25) is 4.87 Å². The highest BCUT2D eigenvalue weighted by atomic mass is 33.7. The summed E-state index contributed by atoms with van der Waals surface area (Å²) in [7, 11) is 9.25. The van der Waals surface area contributed by atoms with Crippen LogP contribution in [0.3, 0.4) is 0 Å². The summed E-state index contributed by atoms with van der Waals surface area (Å²) in [6.45, 7) is 3.08. The molecule has 2 bridgehead atoms. The van der Waals surface area contributed by atoms with Gasteiger partial charge in [0.1, 0.15) is 30.6 Å². The molecule has 1 spiro atoms. The average Bonchev–Trinajstić information content (AvgIpc) is 3.76. The van der Waals surface area contributed by atoms with Crippen molar-refractivity contribution < 1.29 is 39.2 Å². The van der Waals surface area contributed by atoms with Gasteiger partial charge in [-0.05, 0) is 70.4 Å². The molecule has 2 aromatic carbocycles. The molecule has 0 aliphatic carbocycles. The summed E-state index contributed by atoms with van der Waals surface area (Å²) in [4.78, 5) is 61.8. The fourth-order valence-electron chi connectivity index (χ4n) is 10.5. The highest BCUT2D eigenvalue weighted by Crippen LogP contribution is 2.76. The maximum absolute atomic E-state index is 15.4. The molecule has 10 atom stereocenters. The van der Waals surface area contributed by atoms with Crippen molar-refractivity contribution >= 4 is 76.2 Å². The lowest BCUT2D eigenvalue weighted by Gasteiger charge is -2.56. The lowest BCUT2D eigenvalue weighted by molar-refractivity contribution is -0.218. The lowest BCUT2D eigenvalue weighted by atomic mass is 9.51. The van der Waals surface area contributed by atoms with Crippen LogP contribution in [0, 0.1) is 5.92 Å². The predicted octanol–water partition coefficient (Wildman–Crippen LogP) is 1.16. The number of nitrogens with zero attached hydrogens (tertiary/aromatic N) is 4. The van der Waals surface area contributed by atoms with Gasteiger partial charge in [0.25, 0.3) is 29.4 Å². The van der Waals surface area contributed by atoms with E-state index >= 15 is 9.59 Å². The van der Waals surface area contributed by atoms with Crippen LogP contribution < -0.4 is 10.6 Å². The first-order valence-corrected chi connectivity index (χ1v) is 21.3. The molecule has 6 saturated heterocycles. The molecule has 14 nitrogen and oxygen atoms in total. The normalized spacial score (nSPS) is 41.9. The number of carbonyl (C=O) groups excluding carboxylic acids is 4. The largest absolute Gasteiger partial charge is 0.394 e. The zero-order valence-corrected chi connectivity index (χ0v) is 31.4. The van der Waals surface area contributed by atoms with E-state index in [1.807, 2.05) is 26.0 Å². The van der Waals surface area contributed by atoms with Crippen molar-refractivity contribution in [1.82, 2.24) is 19.6 Å².